The van der Waals surface area contributed by atoms with E-state index in [4.69, 9.17) is 91.6 Å². The summed E-state index contributed by atoms with van der Waals surface area (Å²) < 4.78 is 73.3. The lowest BCUT2D eigenvalue weighted by atomic mass is 9.93. The topological polar surface area (TPSA) is 286 Å². The van der Waals surface area contributed by atoms with Crippen LogP contribution in [0.1, 0.15) is 87.7 Å². The average Bonchev–Trinajstić information content (AvgIpc) is 1.19. The molecule has 3 saturated heterocycles. The van der Waals surface area contributed by atoms with Crippen LogP contribution in [0.5, 0.6) is 0 Å². The molecule has 3 aliphatic heterocycles. The van der Waals surface area contributed by atoms with Crippen LogP contribution < -0.4 is 10.6 Å². The number of esters is 4. The van der Waals surface area contributed by atoms with Gasteiger partial charge >= 0.3 is 36.1 Å². The molecule has 1 unspecified atom stereocenters. The number of azide groups is 1. The van der Waals surface area contributed by atoms with Gasteiger partial charge in [0.05, 0.1) is 29.4 Å². The van der Waals surface area contributed by atoms with Crippen LogP contribution >= 0.6 is 34.8 Å². The van der Waals surface area contributed by atoms with Gasteiger partial charge in [0.25, 0.3) is 0 Å². The summed E-state index contributed by atoms with van der Waals surface area (Å²) in [5.41, 5.74) is 14.0. The number of alkyl carbamates (subject to hydrolysis) is 2. The third kappa shape index (κ3) is 16.7. The van der Waals surface area contributed by atoms with E-state index >= 15 is 0 Å². The molecule has 0 saturated carbocycles. The first-order valence-electron chi connectivity index (χ1n) is 29.3. The Morgan fingerprint density at radius 3 is 1.74 bits per heavy atom. The summed E-state index contributed by atoms with van der Waals surface area (Å²) in [5, 5.41) is 9.39. The van der Waals surface area contributed by atoms with Crippen LogP contribution in [0.2, 0.25) is 0 Å². The molecule has 26 heteroatoms. The summed E-state index contributed by atoms with van der Waals surface area (Å²) in [7, 11) is 0. The van der Waals surface area contributed by atoms with Crippen LogP contribution in [0.25, 0.3) is 21.6 Å². The van der Waals surface area contributed by atoms with E-state index in [2.05, 4.69) is 20.7 Å². The summed E-state index contributed by atoms with van der Waals surface area (Å²) in [5.74, 6) is -4.12. The van der Waals surface area contributed by atoms with Crippen molar-refractivity contribution in [3.63, 3.8) is 0 Å². The van der Waals surface area contributed by atoms with Gasteiger partial charge in [0.2, 0.25) is 3.79 Å². The van der Waals surface area contributed by atoms with E-state index in [1.807, 2.05) is 48.5 Å². The molecule has 2 N–H and O–H groups in total. The van der Waals surface area contributed by atoms with Crippen LogP contribution in [0, 0.1) is 0 Å². The van der Waals surface area contributed by atoms with Crippen molar-refractivity contribution in [3.05, 3.63) is 214 Å². The summed E-state index contributed by atoms with van der Waals surface area (Å²) in [6.45, 7) is 4.40. The molecule has 4 aliphatic rings. The van der Waals surface area contributed by atoms with E-state index in [0.717, 1.165) is 22.3 Å². The first-order valence-corrected chi connectivity index (χ1v) is 30.4. The number of alkyl halides is 3. The maximum Gasteiger partial charge on any atom is 0.407 e. The zero-order chi connectivity index (χ0) is 65.1. The Morgan fingerprint density at radius 2 is 1.17 bits per heavy atom. The van der Waals surface area contributed by atoms with Crippen LogP contribution in [-0.2, 0) is 61.6 Å². The van der Waals surface area contributed by atoms with E-state index in [1.165, 1.54) is 43.3 Å². The standard InChI is InChI=1S/C66H64Cl3N5O18/c1-37(49(59(78)92-65(2,3)4)71-63(79)83-33-46-44-31-19-17-29-42(44)43-30-18-20-32-45(43)46)85-62-51(73-74-70)55(53-48(87-62)35-82-60(90-53)41-27-15-8-16-28-41)91-61-50(72-64(80)84-36-66(67,68)69)54(89-58(77)40-25-13-7-14-26-40)52(88-57(76)39-23-11-6-12-24-39)47(86-61)34-81-56(75)38-21-9-5-10-22-38/h5-32,37,46-55,60-62H,33-36H2,1-4H3,(H,71,79)(H,72,80)/t37-,47-,48-,49+,50-,51-,52-,53+,54-,55-,60?,61+,62+/m1/s1. The van der Waals surface area contributed by atoms with Gasteiger partial charge in [-0.2, -0.15) is 0 Å². The smallest absolute Gasteiger partial charge is 0.407 e. The molecule has 0 spiro atoms. The number of halogens is 3. The molecule has 0 aromatic heterocycles. The van der Waals surface area contributed by atoms with Crippen molar-refractivity contribution < 1.29 is 85.6 Å². The molecule has 0 bridgehead atoms. The Balaban J connectivity index is 1.03. The van der Waals surface area contributed by atoms with E-state index < -0.39 is 138 Å². The molecular weight excluding hydrogens is 1260 g/mol. The zero-order valence-corrected chi connectivity index (χ0v) is 52.2. The third-order valence-electron chi connectivity index (χ3n) is 15.1. The van der Waals surface area contributed by atoms with Gasteiger partial charge in [0.15, 0.2) is 37.1 Å². The Kier molecular flexibility index (Phi) is 21.7. The number of amides is 2. The number of rotatable bonds is 20. The second-order valence-electron chi connectivity index (χ2n) is 22.7. The highest BCUT2D eigenvalue weighted by molar-refractivity contribution is 6.67. The summed E-state index contributed by atoms with van der Waals surface area (Å²) >= 11 is 18.1. The van der Waals surface area contributed by atoms with Gasteiger partial charge in [-0.15, -0.1) is 0 Å². The van der Waals surface area contributed by atoms with Crippen molar-refractivity contribution in [2.24, 2.45) is 5.11 Å². The molecule has 6 aromatic rings. The quantitative estimate of drug-likeness (QED) is 0.0179. The van der Waals surface area contributed by atoms with Crippen molar-refractivity contribution in [2.75, 3.05) is 26.4 Å². The van der Waals surface area contributed by atoms with E-state index in [9.17, 15) is 34.3 Å². The summed E-state index contributed by atoms with van der Waals surface area (Å²) in [6, 6.07) is 42.4. The van der Waals surface area contributed by atoms with Crippen molar-refractivity contribution in [1.29, 1.82) is 0 Å². The lowest BCUT2D eigenvalue weighted by Crippen LogP contribution is -2.70. The molecule has 0 radical (unpaired) electrons. The predicted octanol–water partition coefficient (Wildman–Crippen LogP) is 11.0. The molecule has 3 heterocycles. The molecule has 3 fully saturated rings. The molecule has 6 aromatic carbocycles. The maximum atomic E-state index is 14.5. The highest BCUT2D eigenvalue weighted by Gasteiger charge is 2.58. The van der Waals surface area contributed by atoms with Gasteiger partial charge < -0.3 is 67.5 Å². The second kappa shape index (κ2) is 30.0. The first-order chi connectivity index (χ1) is 44.2. The normalized spacial score (nSPS) is 24.1. The number of nitrogens with one attached hydrogen (secondary N) is 2. The number of carbonyl (C=O) groups excluding carboxylic acids is 6. The highest BCUT2D eigenvalue weighted by Crippen LogP contribution is 2.45. The van der Waals surface area contributed by atoms with Crippen molar-refractivity contribution in [2.45, 2.75) is 123 Å². The number of hydrogen-bond acceptors (Lipinski definition) is 19. The Bertz CT molecular complexity index is 3560. The van der Waals surface area contributed by atoms with Crippen LogP contribution in [0.3, 0.4) is 0 Å². The molecule has 10 rings (SSSR count). The zero-order valence-electron chi connectivity index (χ0n) is 49.9. The molecule has 23 nitrogen and oxygen atoms in total. The average molecular weight is 1320 g/mol. The molecule has 2 amide bonds. The van der Waals surface area contributed by atoms with E-state index in [0.29, 0.717) is 5.56 Å². The monoisotopic (exact) mass is 1320 g/mol. The molecule has 13 atom stereocenters. The summed E-state index contributed by atoms with van der Waals surface area (Å²) in [4.78, 5) is 88.4. The fraction of sp³-hybridized carbons (Fsp3) is 0.364. The third-order valence-corrected chi connectivity index (χ3v) is 15.5. The first kappa shape index (κ1) is 66.6. The minimum Gasteiger partial charge on any atom is -0.459 e. The maximum absolute atomic E-state index is 14.5. The van der Waals surface area contributed by atoms with Gasteiger partial charge in [0.1, 0.15) is 61.9 Å². The van der Waals surface area contributed by atoms with Crippen LogP contribution in [-0.4, -0.2) is 145 Å². The van der Waals surface area contributed by atoms with Gasteiger partial charge in [0, 0.05) is 16.4 Å². The number of ether oxygens (including phenoxy) is 12. The lowest BCUT2D eigenvalue weighted by molar-refractivity contribution is -0.371. The molecule has 482 valence electrons. The molecular formula is C66H64Cl3N5O18. The van der Waals surface area contributed by atoms with Crippen molar-refractivity contribution in [3.8, 4) is 11.1 Å². The van der Waals surface area contributed by atoms with E-state index in [-0.39, 0.29) is 35.8 Å². The van der Waals surface area contributed by atoms with E-state index in [1.54, 1.807) is 106 Å². The molecule has 92 heavy (non-hydrogen) atoms. The minimum atomic E-state index is -2.15. The second-order valence-corrected chi connectivity index (χ2v) is 25.2. The highest BCUT2D eigenvalue weighted by atomic mass is 35.6. The Morgan fingerprint density at radius 1 is 0.630 bits per heavy atom. The van der Waals surface area contributed by atoms with Crippen LogP contribution in [0.15, 0.2) is 175 Å². The number of carbonyl (C=O) groups is 6. The largest absolute Gasteiger partial charge is 0.459 e. The van der Waals surface area contributed by atoms with Gasteiger partial charge in [-0.25, -0.2) is 28.8 Å². The number of benzene rings is 6. The summed E-state index contributed by atoms with van der Waals surface area (Å²) in [6.07, 6.45) is -18.1. The van der Waals surface area contributed by atoms with Gasteiger partial charge in [-0.1, -0.05) is 173 Å². The van der Waals surface area contributed by atoms with Crippen LogP contribution in [0.4, 0.5) is 9.59 Å². The van der Waals surface area contributed by atoms with Gasteiger partial charge in [-0.05, 0) is 91.9 Å². The lowest BCUT2D eigenvalue weighted by Gasteiger charge is -2.51. The predicted molar refractivity (Wildman–Crippen MR) is 330 cm³/mol. The van der Waals surface area contributed by atoms with Crippen molar-refractivity contribution in [1.82, 2.24) is 10.6 Å². The Labute approximate surface area is 543 Å². The number of nitrogens with zero attached hydrogens (tertiary/aromatic N) is 3. The number of hydrogen-bond donors (Lipinski definition) is 2. The fourth-order valence-corrected chi connectivity index (χ4v) is 11.2. The number of fused-ring (bicyclic) bond motifs is 4. The Hall–Kier alpha value is -8.32. The fourth-order valence-electron chi connectivity index (χ4n) is 11.0. The minimum absolute atomic E-state index is 0.000606. The molecule has 1 aliphatic carbocycles. The van der Waals surface area contributed by atoms with Crippen molar-refractivity contribution >= 4 is 70.9 Å². The SMILES string of the molecule is C[C@@H](O[C@H]1O[C@@H]2COC(c3ccccc3)O[C@@H]2[C@H](O[C@@H]2O[C@H](COC(=O)c3ccccc3)[C@@H](OC(=O)c3ccccc3)[C@H](OC(=O)c3ccccc3)[C@H]2NC(=O)OCC(Cl)(Cl)Cl)[C@H]1N=[N+]=[N-])[C@H](NC(=O)OCC1c2ccccc2-c2ccccc21)C(=O)OC(C)(C)C. The van der Waals surface area contributed by atoms with Gasteiger partial charge in [-0.3, -0.25) is 0 Å².